The van der Waals surface area contributed by atoms with Crippen molar-refractivity contribution in [3.8, 4) is 0 Å². The van der Waals surface area contributed by atoms with Gasteiger partial charge in [0.15, 0.2) is 0 Å². The molecule has 8 bridgehead atoms. The van der Waals surface area contributed by atoms with E-state index >= 15 is 0 Å². The van der Waals surface area contributed by atoms with Crippen molar-refractivity contribution in [2.45, 2.75) is 67.7 Å². The summed E-state index contributed by atoms with van der Waals surface area (Å²) < 4.78 is 0. The largest absolute Gasteiger partial charge is 0.353 e. The highest BCUT2D eigenvalue weighted by Gasteiger charge is 2.12. The molecule has 6 nitrogen and oxygen atoms in total. The number of aliphatic imine (C=N–C) groups is 4. The maximum Gasteiger partial charge on any atom is 0.0645 e. The number of H-pyrrole nitrogens is 2. The number of aryl methyl sites for hydroxylation is 4. The molecule has 0 spiro atoms. The van der Waals surface area contributed by atoms with Crippen LogP contribution in [-0.2, 0) is 26.2 Å². The van der Waals surface area contributed by atoms with Gasteiger partial charge >= 0.3 is 0 Å². The normalized spacial score (nSPS) is 13.9. The molecule has 1 aliphatic rings. The second-order valence-electron chi connectivity index (χ2n) is 10.8. The van der Waals surface area contributed by atoms with Crippen molar-refractivity contribution in [3.63, 3.8) is 0 Å². The minimum Gasteiger partial charge on any atom is -0.353 e. The molecule has 1 aliphatic heterocycles. The molecule has 0 fully saturated rings. The molecule has 2 N–H and O–H groups in total. The molecular weight excluding hydrogens is 492 g/mol. The van der Waals surface area contributed by atoms with Gasteiger partial charge in [-0.05, 0) is 121 Å². The lowest BCUT2D eigenvalue weighted by atomic mass is 9.93. The standard InChI is InChI=1S/C34H38N6/c1-21-11-22(2)32-18-36-14-28-9-10-30(40-28)16-38-20-34-24(4)12-23(3)33(26(34)6)19-37-15-29-8-7-27(39-29)13-35-17-31(21)25(32)5/h7-16,39-40H,17-20H2,1-6H3. The van der Waals surface area contributed by atoms with Gasteiger partial charge < -0.3 is 9.97 Å². The Hall–Kier alpha value is -4.32. The van der Waals surface area contributed by atoms with Crippen LogP contribution < -0.4 is 0 Å². The van der Waals surface area contributed by atoms with Gasteiger partial charge in [0, 0.05) is 24.9 Å². The van der Waals surface area contributed by atoms with E-state index in [9.17, 15) is 0 Å². The minimum absolute atomic E-state index is 0.630. The maximum absolute atomic E-state index is 4.78. The molecule has 4 aromatic rings. The summed E-state index contributed by atoms with van der Waals surface area (Å²) in [5.74, 6) is 0. The zero-order valence-electron chi connectivity index (χ0n) is 24.4. The highest BCUT2D eigenvalue weighted by Crippen LogP contribution is 2.25. The van der Waals surface area contributed by atoms with Gasteiger partial charge in [-0.1, -0.05) is 12.1 Å². The molecule has 40 heavy (non-hydrogen) atoms. The summed E-state index contributed by atoms with van der Waals surface area (Å²) in [5.41, 5.74) is 16.5. The number of fused-ring (bicyclic) bond motifs is 8. The van der Waals surface area contributed by atoms with Gasteiger partial charge in [0.05, 0.1) is 49.0 Å². The van der Waals surface area contributed by atoms with E-state index in [1.54, 1.807) is 0 Å². The van der Waals surface area contributed by atoms with E-state index in [0.717, 1.165) is 22.8 Å². The quantitative estimate of drug-likeness (QED) is 0.246. The van der Waals surface area contributed by atoms with Gasteiger partial charge in [0.1, 0.15) is 0 Å². The summed E-state index contributed by atoms with van der Waals surface area (Å²) >= 11 is 0. The Balaban J connectivity index is 1.50. The predicted molar refractivity (Wildman–Crippen MR) is 168 cm³/mol. The van der Waals surface area contributed by atoms with E-state index in [0.29, 0.717) is 26.2 Å². The lowest BCUT2D eigenvalue weighted by Crippen LogP contribution is -2.02. The molecule has 204 valence electrons. The third-order valence-corrected chi connectivity index (χ3v) is 7.96. The smallest absolute Gasteiger partial charge is 0.0645 e. The van der Waals surface area contributed by atoms with Crippen LogP contribution in [0.5, 0.6) is 0 Å². The number of aromatic amines is 2. The summed E-state index contributed by atoms with van der Waals surface area (Å²) in [5, 5.41) is 0. The molecular formula is C34H38N6. The van der Waals surface area contributed by atoms with E-state index in [-0.39, 0.29) is 0 Å². The first kappa shape index (κ1) is 27.3. The number of benzene rings is 2. The fraction of sp³-hybridized carbons (Fsp3) is 0.294. The Labute approximate surface area is 237 Å². The average Bonchev–Trinajstić information content (AvgIpc) is 3.56. The van der Waals surface area contributed by atoms with Crippen LogP contribution in [0.4, 0.5) is 0 Å². The summed E-state index contributed by atoms with van der Waals surface area (Å²) in [6.07, 6.45) is 7.65. The predicted octanol–water partition coefficient (Wildman–Crippen LogP) is 6.98. The van der Waals surface area contributed by atoms with Gasteiger partial charge in [-0.15, -0.1) is 0 Å². The van der Waals surface area contributed by atoms with Crippen LogP contribution in [-0.4, -0.2) is 34.8 Å². The molecule has 0 atom stereocenters. The molecule has 0 radical (unpaired) electrons. The molecule has 0 aliphatic carbocycles. The maximum atomic E-state index is 4.78. The van der Waals surface area contributed by atoms with Crippen molar-refractivity contribution in [2.24, 2.45) is 20.0 Å². The number of nitrogens with zero attached hydrogens (tertiary/aromatic N) is 4. The van der Waals surface area contributed by atoms with Gasteiger partial charge in [-0.2, -0.15) is 0 Å². The van der Waals surface area contributed by atoms with Gasteiger partial charge in [-0.25, -0.2) is 0 Å². The second-order valence-corrected chi connectivity index (χ2v) is 10.8. The fourth-order valence-corrected chi connectivity index (χ4v) is 5.62. The van der Waals surface area contributed by atoms with E-state index < -0.39 is 0 Å². The summed E-state index contributed by atoms with van der Waals surface area (Å²) in [7, 11) is 0. The van der Waals surface area contributed by atoms with Crippen LogP contribution in [0.3, 0.4) is 0 Å². The minimum atomic E-state index is 0.630. The van der Waals surface area contributed by atoms with E-state index in [2.05, 4.69) is 63.6 Å². The van der Waals surface area contributed by atoms with Crippen molar-refractivity contribution in [3.05, 3.63) is 115 Å². The Bertz CT molecular complexity index is 1420. The van der Waals surface area contributed by atoms with Crippen molar-refractivity contribution >= 4 is 24.9 Å². The molecule has 2 aromatic heterocycles. The molecule has 0 unspecified atom stereocenters. The summed E-state index contributed by atoms with van der Waals surface area (Å²) in [6, 6.07) is 12.7. The van der Waals surface area contributed by atoms with Crippen molar-refractivity contribution in [1.82, 2.24) is 9.97 Å². The van der Waals surface area contributed by atoms with Crippen LogP contribution in [0.15, 0.2) is 56.4 Å². The number of aromatic nitrogens is 2. The second kappa shape index (κ2) is 11.8. The SMILES string of the molecule is Cc1cc(C)c2c(C)c1CN=Cc1ccc([nH]1)C=NCc1c(C)cc(C)c(c1C)CN=Cc1ccc([nH]1)C=NC2. The summed E-state index contributed by atoms with van der Waals surface area (Å²) in [4.78, 5) is 25.9. The first-order chi connectivity index (χ1) is 19.3. The van der Waals surface area contributed by atoms with Crippen LogP contribution >= 0.6 is 0 Å². The number of hydrogen-bond donors (Lipinski definition) is 2. The van der Waals surface area contributed by atoms with Crippen LogP contribution in [0.2, 0.25) is 0 Å². The number of hydrogen-bond acceptors (Lipinski definition) is 4. The fourth-order valence-electron chi connectivity index (χ4n) is 5.62. The Morgan fingerprint density at radius 2 is 0.675 bits per heavy atom. The highest BCUT2D eigenvalue weighted by atomic mass is 14.8. The van der Waals surface area contributed by atoms with Crippen LogP contribution in [0, 0.1) is 41.5 Å². The zero-order chi connectivity index (χ0) is 28.2. The molecule has 0 saturated carbocycles. The molecule has 6 heteroatoms. The molecule has 0 saturated heterocycles. The zero-order valence-corrected chi connectivity index (χ0v) is 24.4. The molecule has 3 heterocycles. The Kier molecular flexibility index (Phi) is 8.06. The summed E-state index contributed by atoms with van der Waals surface area (Å²) in [6.45, 7) is 15.6. The first-order valence-electron chi connectivity index (χ1n) is 13.8. The van der Waals surface area contributed by atoms with E-state index in [1.165, 1.54) is 55.6 Å². The Morgan fingerprint density at radius 1 is 0.425 bits per heavy atom. The highest BCUT2D eigenvalue weighted by molar-refractivity contribution is 5.84. The number of nitrogens with one attached hydrogen (secondary N) is 2. The van der Waals surface area contributed by atoms with Crippen LogP contribution in [0.1, 0.15) is 78.4 Å². The first-order valence-corrected chi connectivity index (χ1v) is 13.8. The molecule has 0 amide bonds. The van der Waals surface area contributed by atoms with Gasteiger partial charge in [-0.3, -0.25) is 20.0 Å². The van der Waals surface area contributed by atoms with Crippen molar-refractivity contribution in [1.29, 1.82) is 0 Å². The number of rotatable bonds is 0. The topological polar surface area (TPSA) is 81.0 Å². The monoisotopic (exact) mass is 530 g/mol. The third-order valence-electron chi connectivity index (χ3n) is 7.96. The van der Waals surface area contributed by atoms with Gasteiger partial charge in [0.25, 0.3) is 0 Å². The van der Waals surface area contributed by atoms with Crippen molar-refractivity contribution in [2.75, 3.05) is 0 Å². The van der Waals surface area contributed by atoms with E-state index in [4.69, 9.17) is 20.0 Å². The van der Waals surface area contributed by atoms with Crippen LogP contribution in [0.25, 0.3) is 0 Å². The lowest BCUT2D eigenvalue weighted by molar-refractivity contribution is 0.968. The average molecular weight is 531 g/mol. The van der Waals surface area contributed by atoms with Crippen molar-refractivity contribution < 1.29 is 0 Å². The lowest BCUT2D eigenvalue weighted by Gasteiger charge is -2.15. The molecule has 2 aromatic carbocycles. The van der Waals surface area contributed by atoms with Gasteiger partial charge in [0.2, 0.25) is 0 Å². The van der Waals surface area contributed by atoms with E-state index in [1.807, 2.05) is 49.1 Å². The molecule has 5 rings (SSSR count). The Morgan fingerprint density at radius 3 is 0.925 bits per heavy atom. The third kappa shape index (κ3) is 5.96.